The summed E-state index contributed by atoms with van der Waals surface area (Å²) in [6.07, 6.45) is 4.17. The van der Waals surface area contributed by atoms with Crippen LogP contribution >= 0.6 is 0 Å². The predicted molar refractivity (Wildman–Crippen MR) is 144 cm³/mol. The maximum absolute atomic E-state index is 12.9. The molecule has 1 N–H and O–H groups in total. The van der Waals surface area contributed by atoms with Crippen LogP contribution in [0.15, 0.2) is 55.1 Å². The summed E-state index contributed by atoms with van der Waals surface area (Å²) in [7, 11) is 3.71. The summed E-state index contributed by atoms with van der Waals surface area (Å²) in [6, 6.07) is 9.35. The van der Waals surface area contributed by atoms with E-state index in [0.717, 1.165) is 61.4 Å². The van der Waals surface area contributed by atoms with Crippen molar-refractivity contribution < 1.29 is 27.8 Å². The molecule has 2 bridgehead atoms. The SMILES string of the molecule is C=CCN1CC[C@]23c4c5ccc(OC)c4OC2C(N(C)C/C=C/c2ccc(C(F)(F)F)cc2)CC[C@@]3(O)[C@H]1C5. The molecule has 1 spiro atoms. The molecule has 0 aromatic heterocycles. The molecule has 208 valence electrons. The monoisotopic (exact) mass is 540 g/mol. The molecule has 1 saturated carbocycles. The van der Waals surface area contributed by atoms with Crippen molar-refractivity contribution in [3.63, 3.8) is 0 Å². The summed E-state index contributed by atoms with van der Waals surface area (Å²) >= 11 is 0. The molecule has 39 heavy (non-hydrogen) atoms. The lowest BCUT2D eigenvalue weighted by atomic mass is 9.48. The first-order valence-electron chi connectivity index (χ1n) is 13.6. The number of halogens is 3. The maximum Gasteiger partial charge on any atom is 0.416 e. The standard InChI is InChI=1S/C31H35F3N2O3/c1-4-16-36-18-15-29-26-21-9-12-24(38-3)27(26)39-28(29)23(13-14-30(29,37)25(36)19-21)35(2)17-5-6-20-7-10-22(11-8-20)31(32,33)34/h4-12,23,25,28,37H,1,13-19H2,2-3H3/b6-5+/t23?,25-,28?,29+,30-/m1/s1. The summed E-state index contributed by atoms with van der Waals surface area (Å²) in [6.45, 7) is 6.16. The van der Waals surface area contributed by atoms with Gasteiger partial charge < -0.3 is 14.6 Å². The Labute approximate surface area is 227 Å². The van der Waals surface area contributed by atoms with E-state index < -0.39 is 22.8 Å². The average molecular weight is 541 g/mol. The number of alkyl halides is 3. The molecule has 2 heterocycles. The van der Waals surface area contributed by atoms with Gasteiger partial charge in [-0.05, 0) is 68.6 Å². The fraction of sp³-hybridized carbons (Fsp3) is 0.484. The molecule has 2 aliphatic heterocycles. The molecule has 1 saturated heterocycles. The van der Waals surface area contributed by atoms with Gasteiger partial charge in [-0.15, -0.1) is 6.58 Å². The van der Waals surface area contributed by atoms with Crippen LogP contribution in [-0.4, -0.2) is 72.5 Å². The van der Waals surface area contributed by atoms with E-state index in [-0.39, 0.29) is 18.2 Å². The number of methoxy groups -OCH3 is 1. The van der Waals surface area contributed by atoms with Crippen molar-refractivity contribution in [1.29, 1.82) is 0 Å². The van der Waals surface area contributed by atoms with Gasteiger partial charge in [-0.25, -0.2) is 0 Å². The number of likely N-dealkylation sites (tertiary alicyclic amines) is 1. The highest BCUT2D eigenvalue weighted by atomic mass is 19.4. The van der Waals surface area contributed by atoms with E-state index in [2.05, 4.69) is 29.5 Å². The van der Waals surface area contributed by atoms with Crippen molar-refractivity contribution in [3.8, 4) is 11.5 Å². The van der Waals surface area contributed by atoms with Crippen molar-refractivity contribution in [1.82, 2.24) is 9.80 Å². The normalized spacial score (nSPS) is 31.3. The third-order valence-electron chi connectivity index (χ3n) is 9.62. The lowest BCUT2D eigenvalue weighted by molar-refractivity contribution is -0.197. The number of aliphatic hydroxyl groups is 1. The van der Waals surface area contributed by atoms with Crippen LogP contribution in [0.3, 0.4) is 0 Å². The third kappa shape index (κ3) is 3.86. The first-order valence-corrected chi connectivity index (χ1v) is 13.6. The molecule has 8 heteroatoms. The zero-order valence-electron chi connectivity index (χ0n) is 22.4. The van der Waals surface area contributed by atoms with Crippen molar-refractivity contribution in [2.45, 2.75) is 61.1 Å². The van der Waals surface area contributed by atoms with Gasteiger partial charge in [0.25, 0.3) is 0 Å². The highest BCUT2D eigenvalue weighted by molar-refractivity contribution is 5.63. The van der Waals surface area contributed by atoms with E-state index >= 15 is 0 Å². The minimum absolute atomic E-state index is 0.00647. The summed E-state index contributed by atoms with van der Waals surface area (Å²) in [4.78, 5) is 4.62. The van der Waals surface area contributed by atoms with E-state index in [0.29, 0.717) is 18.7 Å². The van der Waals surface area contributed by atoms with Crippen molar-refractivity contribution >= 4 is 6.08 Å². The Kier molecular flexibility index (Phi) is 6.36. The first-order chi connectivity index (χ1) is 18.6. The molecule has 5 atom stereocenters. The van der Waals surface area contributed by atoms with Crippen LogP contribution in [-0.2, 0) is 18.0 Å². The fourth-order valence-electron chi connectivity index (χ4n) is 7.86. The Bertz CT molecular complexity index is 1290. The van der Waals surface area contributed by atoms with Crippen LogP contribution in [0.5, 0.6) is 11.5 Å². The average Bonchev–Trinajstić information content (AvgIpc) is 3.25. The van der Waals surface area contributed by atoms with Gasteiger partial charge in [0.05, 0.1) is 23.7 Å². The number of likely N-dealkylation sites (N-methyl/N-ethyl adjacent to an activating group) is 1. The van der Waals surface area contributed by atoms with E-state index in [1.807, 2.05) is 24.3 Å². The lowest BCUT2D eigenvalue weighted by Crippen LogP contribution is -2.78. The molecule has 5 nitrogen and oxygen atoms in total. The second kappa shape index (κ2) is 9.39. The molecule has 2 unspecified atom stereocenters. The van der Waals surface area contributed by atoms with Gasteiger partial charge in [-0.1, -0.05) is 36.4 Å². The Morgan fingerprint density at radius 3 is 2.67 bits per heavy atom. The second-order valence-electron chi connectivity index (χ2n) is 11.4. The van der Waals surface area contributed by atoms with Gasteiger partial charge in [0, 0.05) is 30.7 Å². The van der Waals surface area contributed by atoms with Crippen LogP contribution in [0, 0.1) is 0 Å². The summed E-state index contributed by atoms with van der Waals surface area (Å²) in [5, 5.41) is 12.6. The van der Waals surface area contributed by atoms with E-state index in [9.17, 15) is 18.3 Å². The molecule has 2 aromatic carbocycles. The lowest BCUT2D eigenvalue weighted by Gasteiger charge is -2.64. The molecule has 0 radical (unpaired) electrons. The number of ether oxygens (including phenoxy) is 2. The largest absolute Gasteiger partial charge is 0.493 e. The molecule has 2 aliphatic carbocycles. The summed E-state index contributed by atoms with van der Waals surface area (Å²) in [5.74, 6) is 1.48. The number of nitrogens with zero attached hydrogens (tertiary/aromatic N) is 2. The zero-order chi connectivity index (χ0) is 27.6. The van der Waals surface area contributed by atoms with E-state index in [4.69, 9.17) is 9.47 Å². The Morgan fingerprint density at radius 1 is 1.21 bits per heavy atom. The molecule has 2 aromatic rings. The van der Waals surface area contributed by atoms with Gasteiger partial charge in [0.15, 0.2) is 11.5 Å². The van der Waals surface area contributed by atoms with Crippen LogP contribution in [0.4, 0.5) is 13.2 Å². The third-order valence-corrected chi connectivity index (χ3v) is 9.62. The molecule has 4 aliphatic rings. The Hall–Kier alpha value is -2.81. The molecule has 6 rings (SSSR count). The van der Waals surface area contributed by atoms with Crippen molar-refractivity contribution in [3.05, 3.63) is 77.4 Å². The highest BCUT2D eigenvalue weighted by Crippen LogP contribution is 2.65. The molecule has 0 amide bonds. The number of piperidine rings is 1. The predicted octanol–water partition coefficient (Wildman–Crippen LogP) is 5.07. The smallest absolute Gasteiger partial charge is 0.416 e. The molecular formula is C31H35F3N2O3. The number of hydrogen-bond acceptors (Lipinski definition) is 5. The zero-order valence-corrected chi connectivity index (χ0v) is 22.4. The second-order valence-corrected chi connectivity index (χ2v) is 11.4. The van der Waals surface area contributed by atoms with Crippen LogP contribution in [0.25, 0.3) is 6.08 Å². The first kappa shape index (κ1) is 26.4. The fourth-order valence-corrected chi connectivity index (χ4v) is 7.86. The topological polar surface area (TPSA) is 45.2 Å². The number of rotatable bonds is 7. The van der Waals surface area contributed by atoms with Gasteiger partial charge in [0.2, 0.25) is 0 Å². The van der Waals surface area contributed by atoms with Gasteiger partial charge in [-0.2, -0.15) is 13.2 Å². The van der Waals surface area contributed by atoms with Gasteiger partial charge in [0.1, 0.15) is 6.10 Å². The molecular weight excluding hydrogens is 505 g/mol. The van der Waals surface area contributed by atoms with E-state index in [1.165, 1.54) is 17.7 Å². The van der Waals surface area contributed by atoms with E-state index in [1.54, 1.807) is 7.11 Å². The Morgan fingerprint density at radius 2 is 1.97 bits per heavy atom. The van der Waals surface area contributed by atoms with Crippen LogP contribution < -0.4 is 9.47 Å². The van der Waals surface area contributed by atoms with Gasteiger partial charge >= 0.3 is 6.18 Å². The van der Waals surface area contributed by atoms with Crippen LogP contribution in [0.1, 0.15) is 41.5 Å². The minimum Gasteiger partial charge on any atom is -0.493 e. The number of hydrogen-bond donors (Lipinski definition) is 1. The van der Waals surface area contributed by atoms with Crippen molar-refractivity contribution in [2.75, 3.05) is 33.8 Å². The molecule has 2 fully saturated rings. The van der Waals surface area contributed by atoms with Gasteiger partial charge in [-0.3, -0.25) is 9.80 Å². The number of benzene rings is 2. The summed E-state index contributed by atoms with van der Waals surface area (Å²) in [5.41, 5.74) is 0.974. The Balaban J connectivity index is 1.30. The van der Waals surface area contributed by atoms with Crippen LogP contribution in [0.2, 0.25) is 0 Å². The van der Waals surface area contributed by atoms with Crippen molar-refractivity contribution in [2.24, 2.45) is 0 Å². The minimum atomic E-state index is -4.34. The summed E-state index contributed by atoms with van der Waals surface area (Å²) < 4.78 is 51.2. The maximum atomic E-state index is 12.9. The quantitative estimate of drug-likeness (QED) is 0.497. The highest BCUT2D eigenvalue weighted by Gasteiger charge is 2.73.